The number of carbonyl (C=O) groups excluding carboxylic acids is 3. The lowest BCUT2D eigenvalue weighted by Gasteiger charge is -2.29. The lowest BCUT2D eigenvalue weighted by molar-refractivity contribution is -0.132. The van der Waals surface area contributed by atoms with E-state index in [2.05, 4.69) is 5.32 Å². The van der Waals surface area contributed by atoms with Crippen molar-refractivity contribution >= 4 is 18.1 Å². The number of ether oxygens (including phenoxy) is 2. The molecule has 2 unspecified atom stereocenters. The maximum absolute atomic E-state index is 13.0. The molecule has 0 spiro atoms. The lowest BCUT2D eigenvalue weighted by Crippen LogP contribution is -2.55. The molecule has 146 valence electrons. The second kappa shape index (κ2) is 7.21. The Balaban J connectivity index is 1.66. The summed E-state index contributed by atoms with van der Waals surface area (Å²) in [5, 5.41) is 2.73. The summed E-state index contributed by atoms with van der Waals surface area (Å²) in [4.78, 5) is 39.0. The standard InChI is InChI=1S/C20H26N2O5/c1-19(2,3)27-18(25)22-15-10-7-11-20(12-15,16(22)23)21-17(24)26-13-14-8-5-4-6-9-14/h4-6,8-9,15H,7,10-13H2,1-3H3,(H,21,24). The first kappa shape index (κ1) is 19.2. The topological polar surface area (TPSA) is 84.9 Å². The van der Waals surface area contributed by atoms with Gasteiger partial charge in [0.25, 0.3) is 5.91 Å². The Bertz CT molecular complexity index is 728. The van der Waals surface area contributed by atoms with Crippen LogP contribution in [0.1, 0.15) is 52.0 Å². The van der Waals surface area contributed by atoms with Crippen molar-refractivity contribution in [3.8, 4) is 0 Å². The SMILES string of the molecule is CC(C)(C)OC(=O)N1C(=O)C2(NC(=O)OCc3ccccc3)CCCC1C2. The summed E-state index contributed by atoms with van der Waals surface area (Å²) in [6, 6.07) is 9.06. The Hall–Kier alpha value is -2.57. The molecule has 1 aromatic carbocycles. The number of hydrogen-bond donors (Lipinski definition) is 1. The van der Waals surface area contributed by atoms with Crippen molar-refractivity contribution in [1.29, 1.82) is 0 Å². The van der Waals surface area contributed by atoms with Crippen LogP contribution in [0, 0.1) is 0 Å². The van der Waals surface area contributed by atoms with E-state index >= 15 is 0 Å². The third-order valence-corrected chi connectivity index (χ3v) is 4.86. The van der Waals surface area contributed by atoms with Crippen LogP contribution in [0.4, 0.5) is 9.59 Å². The first-order valence-corrected chi connectivity index (χ1v) is 9.26. The van der Waals surface area contributed by atoms with E-state index in [-0.39, 0.29) is 12.6 Å². The molecule has 1 saturated heterocycles. The minimum atomic E-state index is -1.09. The van der Waals surface area contributed by atoms with E-state index in [1.165, 1.54) is 4.90 Å². The van der Waals surface area contributed by atoms with Gasteiger partial charge in [0.2, 0.25) is 0 Å². The molecule has 2 aliphatic rings. The maximum atomic E-state index is 13.0. The van der Waals surface area contributed by atoms with Crippen LogP contribution in [-0.4, -0.2) is 40.2 Å². The van der Waals surface area contributed by atoms with Crippen molar-refractivity contribution in [3.05, 3.63) is 35.9 Å². The molecule has 7 nitrogen and oxygen atoms in total. The highest BCUT2D eigenvalue weighted by atomic mass is 16.6. The van der Waals surface area contributed by atoms with E-state index in [0.29, 0.717) is 19.3 Å². The normalized spacial score (nSPS) is 24.5. The van der Waals surface area contributed by atoms with Gasteiger partial charge in [0.1, 0.15) is 17.7 Å². The van der Waals surface area contributed by atoms with Crippen molar-refractivity contribution in [2.45, 2.75) is 70.2 Å². The molecule has 1 aliphatic heterocycles. The predicted molar refractivity (Wildman–Crippen MR) is 97.8 cm³/mol. The van der Waals surface area contributed by atoms with E-state index in [1.807, 2.05) is 30.3 Å². The molecule has 1 heterocycles. The summed E-state index contributed by atoms with van der Waals surface area (Å²) in [7, 11) is 0. The highest BCUT2D eigenvalue weighted by Gasteiger charge is 2.57. The number of nitrogens with one attached hydrogen (secondary N) is 1. The minimum absolute atomic E-state index is 0.121. The summed E-state index contributed by atoms with van der Waals surface area (Å²) >= 11 is 0. The fourth-order valence-electron chi connectivity index (χ4n) is 3.72. The van der Waals surface area contributed by atoms with E-state index in [0.717, 1.165) is 12.0 Å². The van der Waals surface area contributed by atoms with E-state index in [1.54, 1.807) is 20.8 Å². The Morgan fingerprint density at radius 3 is 2.63 bits per heavy atom. The number of carbonyl (C=O) groups is 3. The van der Waals surface area contributed by atoms with Gasteiger partial charge < -0.3 is 14.8 Å². The largest absolute Gasteiger partial charge is 0.445 e. The molecule has 2 atom stereocenters. The molecule has 1 aromatic rings. The average Bonchev–Trinajstić information content (AvgIpc) is 2.78. The van der Waals surface area contributed by atoms with Gasteiger partial charge in [-0.3, -0.25) is 4.79 Å². The Morgan fingerprint density at radius 1 is 1.26 bits per heavy atom. The monoisotopic (exact) mass is 374 g/mol. The third-order valence-electron chi connectivity index (χ3n) is 4.86. The summed E-state index contributed by atoms with van der Waals surface area (Å²) in [5.41, 5.74) is -0.920. The minimum Gasteiger partial charge on any atom is -0.445 e. The first-order valence-electron chi connectivity index (χ1n) is 9.26. The van der Waals surface area contributed by atoms with Crippen molar-refractivity contribution in [1.82, 2.24) is 10.2 Å². The van der Waals surface area contributed by atoms with Gasteiger partial charge in [-0.05, 0) is 45.6 Å². The quantitative estimate of drug-likeness (QED) is 0.877. The van der Waals surface area contributed by atoms with E-state index in [4.69, 9.17) is 9.47 Å². The van der Waals surface area contributed by atoms with Crippen LogP contribution in [0.25, 0.3) is 0 Å². The number of nitrogens with zero attached hydrogens (tertiary/aromatic N) is 1. The van der Waals surface area contributed by atoms with Crippen molar-refractivity contribution < 1.29 is 23.9 Å². The van der Waals surface area contributed by atoms with Crippen LogP contribution in [0.3, 0.4) is 0 Å². The number of imide groups is 1. The molecule has 2 bridgehead atoms. The molecule has 1 N–H and O–H groups in total. The van der Waals surface area contributed by atoms with Gasteiger partial charge >= 0.3 is 12.2 Å². The molecule has 27 heavy (non-hydrogen) atoms. The van der Waals surface area contributed by atoms with E-state index in [9.17, 15) is 14.4 Å². The maximum Gasteiger partial charge on any atom is 0.417 e. The van der Waals surface area contributed by atoms with Gasteiger partial charge in [-0.15, -0.1) is 0 Å². The fraction of sp³-hybridized carbons (Fsp3) is 0.550. The fourth-order valence-corrected chi connectivity index (χ4v) is 3.72. The van der Waals surface area contributed by atoms with Crippen LogP contribution in [0.5, 0.6) is 0 Å². The molecule has 2 fully saturated rings. The van der Waals surface area contributed by atoms with E-state index < -0.39 is 29.2 Å². The zero-order valence-electron chi connectivity index (χ0n) is 16.0. The van der Waals surface area contributed by atoms with Crippen LogP contribution < -0.4 is 5.32 Å². The van der Waals surface area contributed by atoms with Crippen LogP contribution in [0.15, 0.2) is 30.3 Å². The summed E-state index contributed by atoms with van der Waals surface area (Å²) < 4.78 is 10.6. The lowest BCUT2D eigenvalue weighted by atomic mass is 9.83. The van der Waals surface area contributed by atoms with Crippen molar-refractivity contribution in [3.63, 3.8) is 0 Å². The van der Waals surface area contributed by atoms with Gasteiger partial charge in [-0.2, -0.15) is 0 Å². The highest BCUT2D eigenvalue weighted by molar-refractivity contribution is 6.02. The number of fused-ring (bicyclic) bond motifs is 2. The average molecular weight is 374 g/mol. The molecule has 1 saturated carbocycles. The Kier molecular flexibility index (Phi) is 5.13. The summed E-state index contributed by atoms with van der Waals surface area (Å²) in [6.45, 7) is 5.39. The summed E-state index contributed by atoms with van der Waals surface area (Å²) in [6.07, 6.45) is 1.04. The second-order valence-corrected chi connectivity index (χ2v) is 8.17. The third kappa shape index (κ3) is 4.23. The first-order chi connectivity index (χ1) is 12.7. The zero-order chi connectivity index (χ0) is 19.7. The van der Waals surface area contributed by atoms with Crippen LogP contribution >= 0.6 is 0 Å². The molecule has 3 amide bonds. The van der Waals surface area contributed by atoms with Crippen molar-refractivity contribution in [2.24, 2.45) is 0 Å². The molecule has 0 aromatic heterocycles. The molecular formula is C20H26N2O5. The van der Waals surface area contributed by atoms with Gasteiger partial charge in [0.15, 0.2) is 0 Å². The van der Waals surface area contributed by atoms with Crippen molar-refractivity contribution in [2.75, 3.05) is 0 Å². The Labute approximate surface area is 159 Å². The van der Waals surface area contributed by atoms with Gasteiger partial charge in [0, 0.05) is 12.5 Å². The number of rotatable bonds is 3. The Morgan fingerprint density at radius 2 is 1.96 bits per heavy atom. The van der Waals surface area contributed by atoms with Crippen LogP contribution in [-0.2, 0) is 20.9 Å². The molecule has 7 heteroatoms. The number of hydrogen-bond acceptors (Lipinski definition) is 5. The number of amides is 3. The highest BCUT2D eigenvalue weighted by Crippen LogP contribution is 2.40. The van der Waals surface area contributed by atoms with Crippen LogP contribution in [0.2, 0.25) is 0 Å². The second-order valence-electron chi connectivity index (χ2n) is 8.17. The number of benzene rings is 1. The smallest absolute Gasteiger partial charge is 0.417 e. The van der Waals surface area contributed by atoms with Gasteiger partial charge in [0.05, 0.1) is 0 Å². The molecule has 1 aliphatic carbocycles. The summed E-state index contributed by atoms with van der Waals surface area (Å²) in [5.74, 6) is -0.407. The zero-order valence-corrected chi connectivity index (χ0v) is 16.0. The van der Waals surface area contributed by atoms with Gasteiger partial charge in [-0.1, -0.05) is 30.3 Å². The number of alkyl carbamates (subject to hydrolysis) is 1. The van der Waals surface area contributed by atoms with Gasteiger partial charge in [-0.25, -0.2) is 14.5 Å². The predicted octanol–water partition coefficient (Wildman–Crippen LogP) is 3.37. The molecule has 0 radical (unpaired) electrons. The molecule has 3 rings (SSSR count). The number of likely N-dealkylation sites (tertiary alicyclic amines) is 1. The molecular weight excluding hydrogens is 348 g/mol.